The summed E-state index contributed by atoms with van der Waals surface area (Å²) in [6.45, 7) is 5.16. The number of primary sulfonamides is 1. The van der Waals surface area contributed by atoms with Gasteiger partial charge in [-0.25, -0.2) is 17.9 Å². The van der Waals surface area contributed by atoms with Crippen molar-refractivity contribution < 1.29 is 17.6 Å². The number of nitrogens with zero attached hydrogens (tertiary/aromatic N) is 3. The summed E-state index contributed by atoms with van der Waals surface area (Å²) < 4.78 is 35.9. The van der Waals surface area contributed by atoms with Gasteiger partial charge in [-0.3, -0.25) is 9.69 Å². The molecule has 1 aliphatic heterocycles. The van der Waals surface area contributed by atoms with Gasteiger partial charge in [-0.15, -0.1) is 0 Å². The van der Waals surface area contributed by atoms with E-state index in [1.807, 2.05) is 6.92 Å². The third-order valence-electron chi connectivity index (χ3n) is 5.59. The predicted octanol–water partition coefficient (Wildman–Crippen LogP) is 1.81. The second kappa shape index (κ2) is 9.11. The van der Waals surface area contributed by atoms with E-state index in [1.165, 1.54) is 24.3 Å². The fourth-order valence-corrected chi connectivity index (χ4v) is 4.01. The Bertz CT molecular complexity index is 972. The van der Waals surface area contributed by atoms with Crippen LogP contribution in [-0.2, 0) is 14.8 Å². The minimum atomic E-state index is -3.70. The van der Waals surface area contributed by atoms with Crippen molar-refractivity contribution in [2.75, 3.05) is 44.7 Å². The molecule has 2 aromatic carbocycles. The molecule has 30 heavy (non-hydrogen) atoms. The summed E-state index contributed by atoms with van der Waals surface area (Å²) in [5.74, 6) is -0.283. The van der Waals surface area contributed by atoms with Gasteiger partial charge in [0.25, 0.3) is 0 Å². The summed E-state index contributed by atoms with van der Waals surface area (Å²) in [7, 11) is -1.93. The van der Waals surface area contributed by atoms with Crippen LogP contribution in [0.1, 0.15) is 18.5 Å². The number of hydrogen-bond acceptors (Lipinski definition) is 5. The lowest BCUT2D eigenvalue weighted by Crippen LogP contribution is -2.50. The maximum absolute atomic E-state index is 13.1. The van der Waals surface area contributed by atoms with Gasteiger partial charge in [0.15, 0.2) is 0 Å². The predicted molar refractivity (Wildman–Crippen MR) is 114 cm³/mol. The van der Waals surface area contributed by atoms with Crippen LogP contribution in [0, 0.1) is 5.82 Å². The van der Waals surface area contributed by atoms with Crippen LogP contribution in [-0.4, -0.2) is 63.9 Å². The van der Waals surface area contributed by atoms with E-state index in [0.29, 0.717) is 6.54 Å². The molecule has 0 spiro atoms. The van der Waals surface area contributed by atoms with E-state index in [-0.39, 0.29) is 22.7 Å². The Kier molecular flexibility index (Phi) is 6.74. The SMILES string of the molecule is CC(c1ccc(F)cc1)N(C)C(=O)CN1CCN(c2ccc(S(N)(=O)=O)cc2)CC1. The highest BCUT2D eigenvalue weighted by atomic mass is 32.2. The van der Waals surface area contributed by atoms with Gasteiger partial charge in [-0.2, -0.15) is 0 Å². The molecular weight excluding hydrogens is 407 g/mol. The van der Waals surface area contributed by atoms with Crippen LogP contribution in [0.5, 0.6) is 0 Å². The number of piperazine rings is 1. The largest absolute Gasteiger partial charge is 0.369 e. The minimum Gasteiger partial charge on any atom is -0.369 e. The third kappa shape index (κ3) is 5.35. The summed E-state index contributed by atoms with van der Waals surface area (Å²) >= 11 is 0. The van der Waals surface area contributed by atoms with Gasteiger partial charge in [0, 0.05) is 38.9 Å². The van der Waals surface area contributed by atoms with Crippen LogP contribution in [0.2, 0.25) is 0 Å². The highest BCUT2D eigenvalue weighted by Crippen LogP contribution is 2.21. The molecule has 1 heterocycles. The maximum atomic E-state index is 13.1. The van der Waals surface area contributed by atoms with Crippen molar-refractivity contribution in [1.82, 2.24) is 9.80 Å². The second-order valence-corrected chi connectivity index (χ2v) is 9.10. The van der Waals surface area contributed by atoms with E-state index >= 15 is 0 Å². The molecule has 1 atom stereocenters. The number of benzene rings is 2. The fourth-order valence-electron chi connectivity index (χ4n) is 3.49. The Morgan fingerprint density at radius 2 is 1.63 bits per heavy atom. The topological polar surface area (TPSA) is 86.9 Å². The standard InChI is InChI=1S/C21H27FN4O3S/c1-16(17-3-5-18(22)6-4-17)24(2)21(27)15-25-11-13-26(14-12-25)19-7-9-20(10-8-19)30(23,28)29/h3-10,16H,11-15H2,1-2H3,(H2,23,28,29). The molecule has 1 aliphatic rings. The molecule has 0 saturated carbocycles. The number of halogens is 1. The minimum absolute atomic E-state index is 0.0118. The first-order valence-electron chi connectivity index (χ1n) is 9.76. The highest BCUT2D eigenvalue weighted by Gasteiger charge is 2.23. The molecule has 2 aromatic rings. The number of anilines is 1. The van der Waals surface area contributed by atoms with Crippen molar-refractivity contribution in [2.45, 2.75) is 17.9 Å². The van der Waals surface area contributed by atoms with Gasteiger partial charge in [0.2, 0.25) is 15.9 Å². The van der Waals surface area contributed by atoms with Gasteiger partial charge in [-0.05, 0) is 48.9 Å². The Hall–Kier alpha value is -2.49. The van der Waals surface area contributed by atoms with Crippen molar-refractivity contribution in [1.29, 1.82) is 0 Å². The van der Waals surface area contributed by atoms with Crippen molar-refractivity contribution in [2.24, 2.45) is 5.14 Å². The smallest absolute Gasteiger partial charge is 0.238 e. The number of hydrogen-bond donors (Lipinski definition) is 1. The van der Waals surface area contributed by atoms with Gasteiger partial charge >= 0.3 is 0 Å². The number of carbonyl (C=O) groups is 1. The molecule has 9 heteroatoms. The molecule has 2 N–H and O–H groups in total. The number of likely N-dealkylation sites (N-methyl/N-ethyl adjacent to an activating group) is 1. The Morgan fingerprint density at radius 3 is 2.17 bits per heavy atom. The van der Waals surface area contributed by atoms with Gasteiger partial charge in [0.05, 0.1) is 17.5 Å². The van der Waals surface area contributed by atoms with Crippen molar-refractivity contribution in [3.63, 3.8) is 0 Å². The summed E-state index contributed by atoms with van der Waals surface area (Å²) in [5, 5.41) is 5.14. The van der Waals surface area contributed by atoms with Crippen molar-refractivity contribution in [3.05, 3.63) is 59.9 Å². The number of nitrogens with two attached hydrogens (primary N) is 1. The molecule has 1 saturated heterocycles. The van der Waals surface area contributed by atoms with E-state index < -0.39 is 10.0 Å². The van der Waals surface area contributed by atoms with Crippen molar-refractivity contribution >= 4 is 21.6 Å². The number of amides is 1. The fraction of sp³-hybridized carbons (Fsp3) is 0.381. The summed E-state index contributed by atoms with van der Waals surface area (Å²) in [5.41, 5.74) is 1.82. The van der Waals surface area contributed by atoms with E-state index in [4.69, 9.17) is 5.14 Å². The Balaban J connectivity index is 1.52. The van der Waals surface area contributed by atoms with E-state index in [9.17, 15) is 17.6 Å². The van der Waals surface area contributed by atoms with E-state index in [1.54, 1.807) is 36.2 Å². The first-order chi connectivity index (χ1) is 14.1. The second-order valence-electron chi connectivity index (χ2n) is 7.53. The lowest BCUT2D eigenvalue weighted by Gasteiger charge is -2.37. The summed E-state index contributed by atoms with van der Waals surface area (Å²) in [6, 6.07) is 12.6. The van der Waals surface area contributed by atoms with Crippen LogP contribution in [0.15, 0.2) is 53.4 Å². The molecule has 3 rings (SSSR count). The van der Waals surface area contributed by atoms with E-state index in [0.717, 1.165) is 37.4 Å². The third-order valence-corrected chi connectivity index (χ3v) is 6.52. The molecule has 0 aliphatic carbocycles. The molecule has 0 aromatic heterocycles. The number of rotatable bonds is 6. The Labute approximate surface area is 176 Å². The first-order valence-corrected chi connectivity index (χ1v) is 11.3. The zero-order chi connectivity index (χ0) is 21.9. The van der Waals surface area contributed by atoms with Crippen molar-refractivity contribution in [3.8, 4) is 0 Å². The quantitative estimate of drug-likeness (QED) is 0.749. The van der Waals surface area contributed by atoms with Crippen LogP contribution < -0.4 is 10.0 Å². The summed E-state index contributed by atoms with van der Waals surface area (Å²) in [4.78, 5) is 18.7. The van der Waals surface area contributed by atoms with Crippen LogP contribution >= 0.6 is 0 Å². The molecule has 0 bridgehead atoms. The molecule has 1 fully saturated rings. The first kappa shape index (κ1) is 22.2. The average molecular weight is 435 g/mol. The van der Waals surface area contributed by atoms with Gasteiger partial charge in [-0.1, -0.05) is 12.1 Å². The normalized spacial score (nSPS) is 16.3. The van der Waals surface area contributed by atoms with Crippen LogP contribution in [0.3, 0.4) is 0 Å². The lowest BCUT2D eigenvalue weighted by molar-refractivity contribution is -0.133. The van der Waals surface area contributed by atoms with Gasteiger partial charge < -0.3 is 9.80 Å². The highest BCUT2D eigenvalue weighted by molar-refractivity contribution is 7.89. The summed E-state index contributed by atoms with van der Waals surface area (Å²) in [6.07, 6.45) is 0. The molecule has 1 unspecified atom stereocenters. The molecule has 1 amide bonds. The maximum Gasteiger partial charge on any atom is 0.238 e. The Morgan fingerprint density at radius 1 is 1.07 bits per heavy atom. The van der Waals surface area contributed by atoms with E-state index in [2.05, 4.69) is 9.80 Å². The average Bonchev–Trinajstić information content (AvgIpc) is 2.73. The molecule has 7 nitrogen and oxygen atoms in total. The zero-order valence-electron chi connectivity index (χ0n) is 17.2. The van der Waals surface area contributed by atoms with Crippen LogP contribution in [0.4, 0.5) is 10.1 Å². The molecule has 162 valence electrons. The monoisotopic (exact) mass is 434 g/mol. The number of sulfonamides is 1. The van der Waals surface area contributed by atoms with Crippen LogP contribution in [0.25, 0.3) is 0 Å². The molecular formula is C21H27FN4O3S. The lowest BCUT2D eigenvalue weighted by atomic mass is 10.1. The van der Waals surface area contributed by atoms with Gasteiger partial charge in [0.1, 0.15) is 5.82 Å². The molecule has 0 radical (unpaired) electrons. The zero-order valence-corrected chi connectivity index (χ0v) is 18.0. The number of carbonyl (C=O) groups excluding carboxylic acids is 1.